The number of hydrogen-bond donors (Lipinski definition) is 2. The molecule has 1 saturated carbocycles. The zero-order valence-corrected chi connectivity index (χ0v) is 13.4. The van der Waals surface area contributed by atoms with Gasteiger partial charge in [-0.15, -0.1) is 24.8 Å². The largest absolute Gasteiger partial charge is 0.441 e. The molecule has 116 valence electrons. The molecule has 1 aliphatic rings. The fraction of sp³-hybridized carbons (Fsp3) is 0.429. The number of oxazole rings is 1. The van der Waals surface area contributed by atoms with Crippen LogP contribution in [0.3, 0.4) is 0 Å². The van der Waals surface area contributed by atoms with Gasteiger partial charge in [0.1, 0.15) is 5.52 Å². The normalized spacial score (nSPS) is 13.4. The standard InChI is InChI=1S/C14H17N3O2.2ClH/c1-9-16-12-6-11(4-5-13(12)19-9)17-14(18)8-15-7-10-2-3-10;;/h4-6,10,15H,2-3,7-8H2,1H3,(H,17,18);2*1H. The van der Waals surface area contributed by atoms with Gasteiger partial charge in [0, 0.05) is 12.6 Å². The molecule has 0 saturated heterocycles. The predicted octanol–water partition coefficient (Wildman–Crippen LogP) is 2.92. The highest BCUT2D eigenvalue weighted by molar-refractivity contribution is 5.94. The molecule has 0 radical (unpaired) electrons. The number of rotatable bonds is 5. The number of anilines is 1. The van der Waals surface area contributed by atoms with E-state index in [4.69, 9.17) is 4.42 Å². The van der Waals surface area contributed by atoms with E-state index in [1.54, 1.807) is 6.92 Å². The zero-order chi connectivity index (χ0) is 13.2. The fourth-order valence-electron chi connectivity index (χ4n) is 2.04. The Kier molecular flexibility index (Phi) is 6.45. The average molecular weight is 332 g/mol. The Labute approximate surface area is 135 Å². The molecule has 21 heavy (non-hydrogen) atoms. The van der Waals surface area contributed by atoms with Gasteiger partial charge in [-0.1, -0.05) is 0 Å². The second-order valence-electron chi connectivity index (χ2n) is 5.04. The average Bonchev–Trinajstić information content (AvgIpc) is 3.09. The van der Waals surface area contributed by atoms with Gasteiger partial charge < -0.3 is 15.1 Å². The molecule has 2 aromatic rings. The van der Waals surface area contributed by atoms with Crippen LogP contribution in [0.1, 0.15) is 18.7 Å². The van der Waals surface area contributed by atoms with Crippen molar-refractivity contribution in [2.75, 3.05) is 18.4 Å². The van der Waals surface area contributed by atoms with Crippen LogP contribution in [0.4, 0.5) is 5.69 Å². The quantitative estimate of drug-likeness (QED) is 0.883. The maximum atomic E-state index is 11.7. The van der Waals surface area contributed by atoms with Gasteiger partial charge in [0.15, 0.2) is 11.5 Å². The minimum atomic E-state index is -0.0276. The van der Waals surface area contributed by atoms with Crippen molar-refractivity contribution in [1.29, 1.82) is 0 Å². The van der Waals surface area contributed by atoms with Crippen molar-refractivity contribution in [1.82, 2.24) is 10.3 Å². The minimum absolute atomic E-state index is 0. The molecule has 1 aromatic heterocycles. The molecule has 1 aromatic carbocycles. The summed E-state index contributed by atoms with van der Waals surface area (Å²) >= 11 is 0. The van der Waals surface area contributed by atoms with Gasteiger partial charge >= 0.3 is 0 Å². The summed E-state index contributed by atoms with van der Waals surface area (Å²) in [7, 11) is 0. The molecule has 1 fully saturated rings. The number of aryl methyl sites for hydroxylation is 1. The SMILES string of the molecule is Cc1nc2cc(NC(=O)CNCC3CC3)ccc2o1.Cl.Cl. The molecule has 0 aliphatic heterocycles. The second kappa shape index (κ2) is 7.64. The van der Waals surface area contributed by atoms with Crippen LogP contribution in [-0.4, -0.2) is 24.0 Å². The maximum absolute atomic E-state index is 11.7. The molecule has 3 rings (SSSR count). The van der Waals surface area contributed by atoms with E-state index in [0.717, 1.165) is 29.2 Å². The molecule has 0 unspecified atom stereocenters. The van der Waals surface area contributed by atoms with Crippen molar-refractivity contribution >= 4 is 47.5 Å². The Morgan fingerprint density at radius 2 is 2.14 bits per heavy atom. The number of aromatic nitrogens is 1. The van der Waals surface area contributed by atoms with Crippen LogP contribution in [0.5, 0.6) is 0 Å². The summed E-state index contributed by atoms with van der Waals surface area (Å²) in [5, 5.41) is 6.02. The Morgan fingerprint density at radius 3 is 2.86 bits per heavy atom. The van der Waals surface area contributed by atoms with Gasteiger partial charge in [0.2, 0.25) is 5.91 Å². The lowest BCUT2D eigenvalue weighted by molar-refractivity contribution is -0.115. The lowest BCUT2D eigenvalue weighted by atomic mass is 10.3. The summed E-state index contributed by atoms with van der Waals surface area (Å²) in [6, 6.07) is 5.47. The topological polar surface area (TPSA) is 67.2 Å². The molecule has 1 heterocycles. The monoisotopic (exact) mass is 331 g/mol. The van der Waals surface area contributed by atoms with Crippen molar-refractivity contribution in [3.05, 3.63) is 24.1 Å². The van der Waals surface area contributed by atoms with E-state index in [2.05, 4.69) is 15.6 Å². The van der Waals surface area contributed by atoms with Gasteiger partial charge in [-0.2, -0.15) is 0 Å². The third kappa shape index (κ3) is 4.88. The van der Waals surface area contributed by atoms with Gasteiger partial charge in [0.25, 0.3) is 0 Å². The third-order valence-electron chi connectivity index (χ3n) is 3.19. The first kappa shape index (κ1) is 17.8. The molecule has 7 heteroatoms. The number of benzene rings is 1. The van der Waals surface area contributed by atoms with Crippen molar-refractivity contribution in [2.45, 2.75) is 19.8 Å². The summed E-state index contributed by atoms with van der Waals surface area (Å²) in [5.41, 5.74) is 2.25. The van der Waals surface area contributed by atoms with E-state index in [-0.39, 0.29) is 30.7 Å². The van der Waals surface area contributed by atoms with E-state index < -0.39 is 0 Å². The predicted molar refractivity (Wildman–Crippen MR) is 87.5 cm³/mol. The van der Waals surface area contributed by atoms with Gasteiger partial charge in [-0.05, 0) is 43.5 Å². The van der Waals surface area contributed by atoms with Crippen molar-refractivity contribution in [2.24, 2.45) is 5.92 Å². The fourth-order valence-corrected chi connectivity index (χ4v) is 2.04. The van der Waals surface area contributed by atoms with Crippen LogP contribution < -0.4 is 10.6 Å². The van der Waals surface area contributed by atoms with Crippen LogP contribution in [0, 0.1) is 12.8 Å². The summed E-state index contributed by atoms with van der Waals surface area (Å²) in [4.78, 5) is 16.0. The number of amides is 1. The Balaban J connectivity index is 0.00000110. The first-order chi connectivity index (χ1) is 9.20. The summed E-state index contributed by atoms with van der Waals surface area (Å²) in [6.07, 6.45) is 2.58. The van der Waals surface area contributed by atoms with E-state index in [9.17, 15) is 4.79 Å². The van der Waals surface area contributed by atoms with E-state index in [0.29, 0.717) is 12.4 Å². The van der Waals surface area contributed by atoms with Crippen LogP contribution in [0.25, 0.3) is 11.1 Å². The molecular weight excluding hydrogens is 313 g/mol. The highest BCUT2D eigenvalue weighted by Gasteiger charge is 2.20. The Hall–Kier alpha value is -1.30. The number of fused-ring (bicyclic) bond motifs is 1. The summed E-state index contributed by atoms with van der Waals surface area (Å²) in [6.45, 7) is 3.10. The first-order valence-corrected chi connectivity index (χ1v) is 6.58. The lowest BCUT2D eigenvalue weighted by Crippen LogP contribution is -2.29. The van der Waals surface area contributed by atoms with E-state index in [1.807, 2.05) is 18.2 Å². The van der Waals surface area contributed by atoms with Crippen LogP contribution in [0.2, 0.25) is 0 Å². The van der Waals surface area contributed by atoms with Crippen LogP contribution >= 0.6 is 24.8 Å². The van der Waals surface area contributed by atoms with Gasteiger partial charge in [-0.3, -0.25) is 4.79 Å². The second-order valence-corrected chi connectivity index (χ2v) is 5.04. The Morgan fingerprint density at radius 1 is 1.38 bits per heavy atom. The lowest BCUT2D eigenvalue weighted by Gasteiger charge is -2.05. The molecule has 1 aliphatic carbocycles. The number of carbonyl (C=O) groups is 1. The molecule has 0 atom stereocenters. The molecular formula is C14H19Cl2N3O2. The van der Waals surface area contributed by atoms with Gasteiger partial charge in [0.05, 0.1) is 6.54 Å². The van der Waals surface area contributed by atoms with Crippen molar-refractivity contribution in [3.8, 4) is 0 Å². The van der Waals surface area contributed by atoms with Gasteiger partial charge in [-0.25, -0.2) is 4.98 Å². The van der Waals surface area contributed by atoms with Crippen LogP contribution in [-0.2, 0) is 4.79 Å². The van der Waals surface area contributed by atoms with E-state index in [1.165, 1.54) is 12.8 Å². The van der Waals surface area contributed by atoms with Crippen molar-refractivity contribution < 1.29 is 9.21 Å². The highest BCUT2D eigenvalue weighted by Crippen LogP contribution is 2.27. The molecule has 0 spiro atoms. The summed E-state index contributed by atoms with van der Waals surface area (Å²) in [5.74, 6) is 1.38. The maximum Gasteiger partial charge on any atom is 0.238 e. The minimum Gasteiger partial charge on any atom is -0.441 e. The van der Waals surface area contributed by atoms with Crippen LogP contribution in [0.15, 0.2) is 22.6 Å². The number of carbonyl (C=O) groups excluding carboxylic acids is 1. The molecule has 2 N–H and O–H groups in total. The summed E-state index contributed by atoms with van der Waals surface area (Å²) < 4.78 is 5.39. The third-order valence-corrected chi connectivity index (χ3v) is 3.19. The molecule has 1 amide bonds. The molecule has 0 bridgehead atoms. The highest BCUT2D eigenvalue weighted by atomic mass is 35.5. The number of halogens is 2. The first-order valence-electron chi connectivity index (χ1n) is 6.58. The van der Waals surface area contributed by atoms with Crippen molar-refractivity contribution in [3.63, 3.8) is 0 Å². The number of nitrogens with one attached hydrogen (secondary N) is 2. The van der Waals surface area contributed by atoms with E-state index >= 15 is 0 Å². The smallest absolute Gasteiger partial charge is 0.238 e. The number of hydrogen-bond acceptors (Lipinski definition) is 4. The molecule has 5 nitrogen and oxygen atoms in total. The number of nitrogens with zero attached hydrogens (tertiary/aromatic N) is 1. The zero-order valence-electron chi connectivity index (χ0n) is 11.7. The Bertz CT molecular complexity index is 611.